The molecule has 81 heavy (non-hydrogen) atoms. The fourth-order valence-corrected chi connectivity index (χ4v) is 9.23. The van der Waals surface area contributed by atoms with Crippen LogP contribution in [0.4, 0.5) is 8.78 Å². The minimum absolute atomic E-state index is 0.110. The van der Waals surface area contributed by atoms with Gasteiger partial charge < -0.3 is 24.8 Å². The minimum Gasteiger partial charge on any atom is -0.489 e. The largest absolute Gasteiger partial charge is 0.489 e. The summed E-state index contributed by atoms with van der Waals surface area (Å²) in [4.78, 5) is 37.8. The summed E-state index contributed by atoms with van der Waals surface area (Å²) >= 11 is 0. The van der Waals surface area contributed by atoms with E-state index in [0.29, 0.717) is 70.6 Å². The van der Waals surface area contributed by atoms with Crippen LogP contribution in [0.25, 0.3) is 22.3 Å². The maximum absolute atomic E-state index is 14.3. The molecule has 0 aliphatic carbocycles. The Balaban J connectivity index is 0.000000234. The number of carbonyl (C=O) groups is 3. The second-order valence-electron chi connectivity index (χ2n) is 19.8. The number of carboxylic acid groups (broad SMARTS) is 3. The van der Waals surface area contributed by atoms with Gasteiger partial charge >= 0.3 is 17.9 Å². The number of aromatic carboxylic acids is 2. The number of halogens is 2. The van der Waals surface area contributed by atoms with Crippen molar-refractivity contribution in [2.45, 2.75) is 78.2 Å². The van der Waals surface area contributed by atoms with Crippen molar-refractivity contribution in [2.75, 3.05) is 26.2 Å². The molecule has 0 unspecified atom stereocenters. The van der Waals surface area contributed by atoms with Gasteiger partial charge in [-0.25, -0.2) is 18.4 Å². The van der Waals surface area contributed by atoms with E-state index in [1.165, 1.54) is 12.1 Å². The average Bonchev–Trinajstić information content (AvgIpc) is 3.48. The molecule has 0 saturated heterocycles. The molecule has 0 atom stereocenters. The Morgan fingerprint density at radius 1 is 0.481 bits per heavy atom. The number of hydrogen-bond donors (Lipinski definition) is 3. The molecule has 11 nitrogen and oxygen atoms in total. The van der Waals surface area contributed by atoms with Crippen LogP contribution in [0.15, 0.2) is 188 Å². The molecule has 416 valence electrons. The third kappa shape index (κ3) is 19.4. The van der Waals surface area contributed by atoms with Crippen LogP contribution in [-0.4, -0.2) is 69.2 Å². The van der Waals surface area contributed by atoms with Crippen LogP contribution in [-0.2, 0) is 43.9 Å². The minimum atomic E-state index is -0.977. The van der Waals surface area contributed by atoms with Crippen molar-refractivity contribution in [2.24, 2.45) is 0 Å². The molecule has 0 bridgehead atoms. The maximum atomic E-state index is 14.3. The van der Waals surface area contributed by atoms with Crippen LogP contribution < -0.4 is 9.47 Å². The van der Waals surface area contributed by atoms with E-state index < -0.39 is 17.9 Å². The van der Waals surface area contributed by atoms with Crippen LogP contribution in [0.3, 0.4) is 0 Å². The summed E-state index contributed by atoms with van der Waals surface area (Å²) in [5, 5.41) is 36.3. The summed E-state index contributed by atoms with van der Waals surface area (Å²) in [7, 11) is 0. The number of ether oxygens (including phenoxy) is 2. The van der Waals surface area contributed by atoms with Crippen molar-refractivity contribution in [3.63, 3.8) is 0 Å². The number of carboxylic acids is 3. The van der Waals surface area contributed by atoms with Crippen LogP contribution in [0.2, 0.25) is 0 Å². The summed E-state index contributed by atoms with van der Waals surface area (Å²) in [6.45, 7) is 7.00. The maximum Gasteiger partial charge on any atom is 0.335 e. The highest BCUT2D eigenvalue weighted by Crippen LogP contribution is 2.26. The molecule has 0 heterocycles. The molecule has 0 saturated carbocycles. The number of benzene rings is 8. The number of nitriles is 1. The fourth-order valence-electron chi connectivity index (χ4n) is 9.23. The first-order valence-corrected chi connectivity index (χ1v) is 27.2. The molecule has 8 rings (SSSR count). The first-order valence-electron chi connectivity index (χ1n) is 27.2. The molecule has 8 aromatic carbocycles. The summed E-state index contributed by atoms with van der Waals surface area (Å²) in [5.41, 5.74) is 11.0. The zero-order valence-corrected chi connectivity index (χ0v) is 45.5. The van der Waals surface area contributed by atoms with Crippen molar-refractivity contribution < 1.29 is 48.0 Å². The number of nitrogens with zero attached hydrogens (tertiary/aromatic N) is 3. The molecular weight excluding hydrogens is 1020 g/mol. The summed E-state index contributed by atoms with van der Waals surface area (Å²) in [5.74, 6) is -1.86. The molecule has 13 heteroatoms. The van der Waals surface area contributed by atoms with Gasteiger partial charge in [0, 0.05) is 32.6 Å². The van der Waals surface area contributed by atoms with Crippen LogP contribution in [0.5, 0.6) is 11.5 Å². The Labute approximate surface area is 472 Å². The Bertz CT molecular complexity index is 3310. The van der Waals surface area contributed by atoms with E-state index in [9.17, 15) is 28.3 Å². The van der Waals surface area contributed by atoms with Gasteiger partial charge in [0.15, 0.2) is 0 Å². The molecule has 0 fully saturated rings. The molecule has 0 aromatic heterocycles. The summed E-state index contributed by atoms with van der Waals surface area (Å²) in [6, 6.07) is 58.7. The quantitative estimate of drug-likeness (QED) is 0.0401. The lowest BCUT2D eigenvalue weighted by molar-refractivity contribution is -0.137. The lowest BCUT2D eigenvalue weighted by atomic mass is 10.0. The first kappa shape index (κ1) is 59.7. The second kappa shape index (κ2) is 31.0. The van der Waals surface area contributed by atoms with Gasteiger partial charge in [0.1, 0.15) is 36.3 Å². The van der Waals surface area contributed by atoms with Gasteiger partial charge in [-0.2, -0.15) is 5.26 Å². The Morgan fingerprint density at radius 3 is 1.31 bits per heavy atom. The Morgan fingerprint density at radius 2 is 0.901 bits per heavy atom. The highest BCUT2D eigenvalue weighted by molar-refractivity contribution is 5.88. The predicted molar refractivity (Wildman–Crippen MR) is 311 cm³/mol. The van der Waals surface area contributed by atoms with E-state index >= 15 is 0 Å². The van der Waals surface area contributed by atoms with Gasteiger partial charge in [0.2, 0.25) is 0 Å². The highest BCUT2D eigenvalue weighted by Gasteiger charge is 2.15. The number of unbranched alkanes of at least 4 members (excludes halogenated alkanes) is 2. The van der Waals surface area contributed by atoms with E-state index in [2.05, 4.69) is 34.9 Å². The normalized spacial score (nSPS) is 10.9. The van der Waals surface area contributed by atoms with Gasteiger partial charge in [-0.1, -0.05) is 116 Å². The lowest BCUT2D eigenvalue weighted by Crippen LogP contribution is -2.27. The van der Waals surface area contributed by atoms with E-state index in [4.69, 9.17) is 24.9 Å². The van der Waals surface area contributed by atoms with Gasteiger partial charge in [-0.3, -0.25) is 14.6 Å². The van der Waals surface area contributed by atoms with Crippen molar-refractivity contribution in [1.82, 2.24) is 9.80 Å². The summed E-state index contributed by atoms with van der Waals surface area (Å²) < 4.78 is 40.6. The molecule has 0 radical (unpaired) electrons. The van der Waals surface area contributed by atoms with E-state index in [1.807, 2.05) is 91.0 Å². The molecule has 0 amide bonds. The molecule has 0 spiro atoms. The second-order valence-corrected chi connectivity index (χ2v) is 19.8. The molecule has 0 aliphatic heterocycles. The molecule has 0 aliphatic rings. The first-order chi connectivity index (χ1) is 39.3. The molecule has 8 aromatic rings. The van der Waals surface area contributed by atoms with Crippen molar-refractivity contribution in [1.29, 1.82) is 5.26 Å². The van der Waals surface area contributed by atoms with Gasteiger partial charge in [0.05, 0.1) is 22.8 Å². The fraction of sp³-hybridized carbons (Fsp3) is 0.235. The van der Waals surface area contributed by atoms with E-state index in [-0.39, 0.29) is 29.2 Å². The van der Waals surface area contributed by atoms with Crippen molar-refractivity contribution in [3.05, 3.63) is 250 Å². The topological polar surface area (TPSA) is 161 Å². The zero-order valence-electron chi connectivity index (χ0n) is 45.5. The smallest absolute Gasteiger partial charge is 0.335 e. The van der Waals surface area contributed by atoms with Crippen molar-refractivity contribution >= 4 is 17.9 Å². The van der Waals surface area contributed by atoms with Crippen LogP contribution >= 0.6 is 0 Å². The number of aliphatic carboxylic acids is 1. The van der Waals surface area contributed by atoms with E-state index in [1.54, 1.807) is 72.8 Å². The molecular formula is C68H67F2N3O8. The molecule has 3 N–H and O–H groups in total. The van der Waals surface area contributed by atoms with Gasteiger partial charge in [-0.15, -0.1) is 0 Å². The van der Waals surface area contributed by atoms with Gasteiger partial charge in [0.25, 0.3) is 0 Å². The predicted octanol–water partition coefficient (Wildman–Crippen LogP) is 14.6. The Hall–Kier alpha value is -8.96. The lowest BCUT2D eigenvalue weighted by Gasteiger charge is -2.23. The van der Waals surface area contributed by atoms with Crippen LogP contribution in [0.1, 0.15) is 98.7 Å². The van der Waals surface area contributed by atoms with Crippen LogP contribution in [0, 0.1) is 23.0 Å². The standard InChI is InChI=1S/C34H33FN2O3.C34H34FNO5/c1-2-3-19-37(23-26-6-10-29(11-7-26)34(38)39)20-18-30-21-32(35)15-12-31(30)24-40-33-16-13-28(14-17-33)27-8-4-25(22-36)5-9-27;35-31-16-13-30(24-41-32-17-14-27(15-18-32)26-6-2-1-3-7-26)29(22-31)19-21-36(20-5-4-8-33(37)38)23-25-9-11-28(12-10-25)34(39)40/h4-17,21H,2-3,18-20,23-24H2,1H3,(H,38,39);1-3,6-7,9-18,22H,4-5,8,19-21,23-24H2,(H,37,38)(H,39,40). The highest BCUT2D eigenvalue weighted by atomic mass is 19.1. The third-order valence-electron chi connectivity index (χ3n) is 13.8. The Kier molecular flexibility index (Phi) is 22.8. The number of hydrogen-bond acceptors (Lipinski definition) is 8. The number of rotatable bonds is 28. The van der Waals surface area contributed by atoms with Gasteiger partial charge in [-0.05, 0) is 186 Å². The SMILES string of the molecule is CCCCN(CCc1cc(F)ccc1COc1ccc(-c2ccc(C#N)cc2)cc1)Cc1ccc(C(=O)O)cc1.O=C(O)CCCCN(CCc1cc(F)ccc1COc1ccc(-c2ccccc2)cc1)Cc1ccc(C(=O)O)cc1. The monoisotopic (exact) mass is 1090 g/mol. The summed E-state index contributed by atoms with van der Waals surface area (Å²) in [6.07, 6.45) is 4.74. The van der Waals surface area contributed by atoms with E-state index in [0.717, 1.165) is 93.1 Å². The zero-order chi connectivity index (χ0) is 57.3. The average molecular weight is 1090 g/mol. The van der Waals surface area contributed by atoms with Crippen molar-refractivity contribution in [3.8, 4) is 39.8 Å². The third-order valence-corrected chi connectivity index (χ3v) is 13.8.